The Labute approximate surface area is 84.3 Å². The summed E-state index contributed by atoms with van der Waals surface area (Å²) in [5, 5.41) is 0. The van der Waals surface area contributed by atoms with Gasteiger partial charge in [0.25, 0.3) is 0 Å². The summed E-state index contributed by atoms with van der Waals surface area (Å²) < 4.78 is 27.9. The van der Waals surface area contributed by atoms with E-state index >= 15 is 0 Å². The first-order chi connectivity index (χ1) is 6.67. The van der Waals surface area contributed by atoms with Crippen molar-refractivity contribution in [1.29, 1.82) is 0 Å². The number of benzene rings is 1. The zero-order valence-corrected chi connectivity index (χ0v) is 8.18. The van der Waals surface area contributed by atoms with Crippen LogP contribution in [0.1, 0.15) is 10.4 Å². The lowest BCUT2D eigenvalue weighted by molar-refractivity contribution is -0.0500. The van der Waals surface area contributed by atoms with Gasteiger partial charge in [-0.05, 0) is 24.5 Å². The van der Waals surface area contributed by atoms with E-state index in [1.165, 1.54) is 23.9 Å². The molecule has 0 aromatic heterocycles. The van der Waals surface area contributed by atoms with E-state index in [-0.39, 0.29) is 11.3 Å². The SMILES string of the molecule is CSc1ccc(OC(F)F)c(C=O)c1. The Bertz CT molecular complexity index is 329. The molecule has 0 unspecified atom stereocenters. The molecule has 0 heterocycles. The molecule has 1 rings (SSSR count). The number of halogens is 2. The molecule has 0 N–H and O–H groups in total. The normalized spacial score (nSPS) is 10.3. The van der Waals surface area contributed by atoms with E-state index in [0.29, 0.717) is 6.29 Å². The van der Waals surface area contributed by atoms with Crippen LogP contribution < -0.4 is 4.74 Å². The van der Waals surface area contributed by atoms with Crippen molar-refractivity contribution in [1.82, 2.24) is 0 Å². The van der Waals surface area contributed by atoms with E-state index in [4.69, 9.17) is 0 Å². The van der Waals surface area contributed by atoms with Gasteiger partial charge in [0, 0.05) is 4.90 Å². The molecular formula is C9H8F2O2S. The summed E-state index contributed by atoms with van der Waals surface area (Å²) in [6.45, 7) is -2.91. The molecule has 0 saturated heterocycles. The lowest BCUT2D eigenvalue weighted by Crippen LogP contribution is -2.04. The van der Waals surface area contributed by atoms with Crippen molar-refractivity contribution >= 4 is 18.0 Å². The maximum Gasteiger partial charge on any atom is 0.387 e. The predicted molar refractivity (Wildman–Crippen MR) is 50.2 cm³/mol. The highest BCUT2D eigenvalue weighted by atomic mass is 32.2. The Kier molecular flexibility index (Phi) is 3.88. The molecule has 0 radical (unpaired) electrons. The Hall–Kier alpha value is -1.10. The Morgan fingerprint density at radius 3 is 2.71 bits per heavy atom. The van der Waals surface area contributed by atoms with Crippen molar-refractivity contribution in [3.05, 3.63) is 23.8 Å². The van der Waals surface area contributed by atoms with Gasteiger partial charge in [0.15, 0.2) is 6.29 Å². The molecule has 0 aliphatic carbocycles. The maximum atomic E-state index is 11.9. The van der Waals surface area contributed by atoms with E-state index in [0.717, 1.165) is 4.90 Å². The molecule has 0 spiro atoms. The van der Waals surface area contributed by atoms with Gasteiger partial charge in [0.2, 0.25) is 0 Å². The third kappa shape index (κ3) is 2.70. The summed E-state index contributed by atoms with van der Waals surface area (Å²) in [4.78, 5) is 11.4. The van der Waals surface area contributed by atoms with Crippen LogP contribution in [0.25, 0.3) is 0 Å². The quantitative estimate of drug-likeness (QED) is 0.574. The van der Waals surface area contributed by atoms with Crippen LogP contribution in [0, 0.1) is 0 Å². The summed E-state index contributed by atoms with van der Waals surface area (Å²) in [7, 11) is 0. The number of carbonyl (C=O) groups excluding carboxylic acids is 1. The number of rotatable bonds is 4. The Morgan fingerprint density at radius 1 is 1.50 bits per heavy atom. The van der Waals surface area contributed by atoms with Crippen molar-refractivity contribution < 1.29 is 18.3 Å². The fourth-order valence-electron chi connectivity index (χ4n) is 0.949. The van der Waals surface area contributed by atoms with Crippen molar-refractivity contribution in [2.24, 2.45) is 0 Å². The zero-order chi connectivity index (χ0) is 10.6. The van der Waals surface area contributed by atoms with Gasteiger partial charge >= 0.3 is 6.61 Å². The molecule has 0 fully saturated rings. The number of hydrogen-bond acceptors (Lipinski definition) is 3. The minimum atomic E-state index is -2.91. The Balaban J connectivity index is 2.99. The fraction of sp³-hybridized carbons (Fsp3) is 0.222. The van der Waals surface area contributed by atoms with E-state index in [9.17, 15) is 13.6 Å². The molecule has 0 aliphatic heterocycles. The second kappa shape index (κ2) is 4.95. The van der Waals surface area contributed by atoms with Crippen LogP contribution in [0.5, 0.6) is 5.75 Å². The van der Waals surface area contributed by atoms with Gasteiger partial charge in [-0.2, -0.15) is 8.78 Å². The molecule has 1 aromatic rings. The van der Waals surface area contributed by atoms with Crippen LogP contribution >= 0.6 is 11.8 Å². The van der Waals surface area contributed by atoms with E-state index in [2.05, 4.69) is 4.74 Å². The van der Waals surface area contributed by atoms with Gasteiger partial charge in [-0.3, -0.25) is 4.79 Å². The number of alkyl halides is 2. The maximum absolute atomic E-state index is 11.9. The molecule has 1 aromatic carbocycles. The minimum Gasteiger partial charge on any atom is -0.434 e. The molecule has 0 aliphatic rings. The summed E-state index contributed by atoms with van der Waals surface area (Å²) in [6, 6.07) is 4.49. The highest BCUT2D eigenvalue weighted by molar-refractivity contribution is 7.98. The van der Waals surface area contributed by atoms with Crippen LogP contribution in [0.4, 0.5) is 8.78 Å². The van der Waals surface area contributed by atoms with E-state index in [1.54, 1.807) is 6.07 Å². The van der Waals surface area contributed by atoms with Crippen molar-refractivity contribution in [2.75, 3.05) is 6.26 Å². The molecule has 5 heteroatoms. The number of ether oxygens (including phenoxy) is 1. The first kappa shape index (κ1) is 11.0. The van der Waals surface area contributed by atoms with Crippen LogP contribution in [-0.4, -0.2) is 19.2 Å². The van der Waals surface area contributed by atoms with E-state index in [1.807, 2.05) is 6.26 Å². The second-order valence-electron chi connectivity index (χ2n) is 2.40. The molecule has 0 amide bonds. The molecule has 76 valence electrons. The first-order valence-electron chi connectivity index (χ1n) is 3.75. The molecule has 0 saturated carbocycles. The minimum absolute atomic E-state index is 0.0900. The summed E-state index contributed by atoms with van der Waals surface area (Å²) in [6.07, 6.45) is 2.33. The standard InChI is InChI=1S/C9H8F2O2S/c1-14-7-2-3-8(13-9(10)11)6(4-7)5-12/h2-5,9H,1H3. The third-order valence-corrected chi connectivity index (χ3v) is 2.29. The smallest absolute Gasteiger partial charge is 0.387 e. The topological polar surface area (TPSA) is 26.3 Å². The summed E-state index contributed by atoms with van der Waals surface area (Å²) in [5.41, 5.74) is 0.136. The first-order valence-corrected chi connectivity index (χ1v) is 4.98. The monoisotopic (exact) mass is 218 g/mol. The van der Waals surface area contributed by atoms with Gasteiger partial charge in [-0.15, -0.1) is 11.8 Å². The predicted octanol–water partition coefficient (Wildman–Crippen LogP) is 2.82. The van der Waals surface area contributed by atoms with Gasteiger partial charge < -0.3 is 4.74 Å². The van der Waals surface area contributed by atoms with Gasteiger partial charge in [-0.25, -0.2) is 0 Å². The molecule has 2 nitrogen and oxygen atoms in total. The fourth-order valence-corrected chi connectivity index (χ4v) is 1.40. The van der Waals surface area contributed by atoms with Crippen LogP contribution in [0.2, 0.25) is 0 Å². The summed E-state index contributed by atoms with van der Waals surface area (Å²) in [5.74, 6) is -0.0900. The van der Waals surface area contributed by atoms with Crippen LogP contribution in [0.3, 0.4) is 0 Å². The highest BCUT2D eigenvalue weighted by Crippen LogP contribution is 2.24. The molecule has 0 bridgehead atoms. The molecule has 0 atom stereocenters. The lowest BCUT2D eigenvalue weighted by Gasteiger charge is -2.07. The van der Waals surface area contributed by atoms with Crippen LogP contribution in [0.15, 0.2) is 23.1 Å². The van der Waals surface area contributed by atoms with Crippen molar-refractivity contribution in [3.8, 4) is 5.75 Å². The largest absolute Gasteiger partial charge is 0.434 e. The van der Waals surface area contributed by atoms with Crippen molar-refractivity contribution in [2.45, 2.75) is 11.5 Å². The Morgan fingerprint density at radius 2 is 2.21 bits per heavy atom. The third-order valence-electron chi connectivity index (χ3n) is 1.56. The molecular weight excluding hydrogens is 210 g/mol. The van der Waals surface area contributed by atoms with Crippen LogP contribution in [-0.2, 0) is 0 Å². The molecule has 14 heavy (non-hydrogen) atoms. The van der Waals surface area contributed by atoms with E-state index < -0.39 is 6.61 Å². The average Bonchev–Trinajstić information content (AvgIpc) is 2.17. The highest BCUT2D eigenvalue weighted by Gasteiger charge is 2.09. The summed E-state index contributed by atoms with van der Waals surface area (Å²) >= 11 is 1.42. The van der Waals surface area contributed by atoms with Gasteiger partial charge in [0.1, 0.15) is 5.75 Å². The lowest BCUT2D eigenvalue weighted by atomic mass is 10.2. The second-order valence-corrected chi connectivity index (χ2v) is 3.28. The average molecular weight is 218 g/mol. The van der Waals surface area contributed by atoms with Gasteiger partial charge in [-0.1, -0.05) is 0 Å². The zero-order valence-electron chi connectivity index (χ0n) is 7.37. The number of aldehydes is 1. The van der Waals surface area contributed by atoms with Gasteiger partial charge in [0.05, 0.1) is 5.56 Å². The number of hydrogen-bond donors (Lipinski definition) is 0. The number of thioether (sulfide) groups is 1. The van der Waals surface area contributed by atoms with Crippen molar-refractivity contribution in [3.63, 3.8) is 0 Å². The number of carbonyl (C=O) groups is 1.